The van der Waals surface area contributed by atoms with Crippen LogP contribution in [0.3, 0.4) is 0 Å². The molecule has 1 unspecified atom stereocenters. The normalized spacial score (nSPS) is 12.1. The van der Waals surface area contributed by atoms with Crippen LogP contribution in [0.2, 0.25) is 5.02 Å². The van der Waals surface area contributed by atoms with E-state index in [0.29, 0.717) is 18.1 Å². The molecule has 1 atom stereocenters. The molecule has 0 aliphatic heterocycles. The number of nitrogens with one attached hydrogen (secondary N) is 3. The molecule has 2 aromatic heterocycles. The van der Waals surface area contributed by atoms with E-state index in [1.165, 1.54) is 5.56 Å². The molecule has 3 N–H and O–H groups in total. The second-order valence-corrected chi connectivity index (χ2v) is 7.70. The summed E-state index contributed by atoms with van der Waals surface area (Å²) in [5.41, 5.74) is 3.13. The molecule has 0 aliphatic rings. The van der Waals surface area contributed by atoms with Crippen molar-refractivity contribution in [3.8, 4) is 0 Å². The van der Waals surface area contributed by atoms with Gasteiger partial charge in [-0.2, -0.15) is 5.10 Å². The fourth-order valence-corrected chi connectivity index (χ4v) is 3.32. The number of hydrogen-bond donors (Lipinski definition) is 3. The molecule has 2 amide bonds. The Kier molecular flexibility index (Phi) is 6.93. The minimum Gasteiger partial charge on any atom is -0.356 e. The maximum atomic E-state index is 12.3. The van der Waals surface area contributed by atoms with E-state index in [1.54, 1.807) is 6.92 Å². The second kappa shape index (κ2) is 9.60. The van der Waals surface area contributed by atoms with E-state index in [2.05, 4.69) is 20.8 Å². The number of carbonyl (C=O) groups is 2. The van der Waals surface area contributed by atoms with Gasteiger partial charge in [-0.3, -0.25) is 14.7 Å². The summed E-state index contributed by atoms with van der Waals surface area (Å²) in [5.74, 6) is -0.504. The van der Waals surface area contributed by atoms with Crippen LogP contribution in [-0.2, 0) is 22.6 Å². The topological polar surface area (TPSA) is 91.8 Å². The average Bonchev–Trinajstić information content (AvgIpc) is 3.29. The number of nitrogens with zero attached hydrogens (tertiary/aromatic N) is 2. The molecule has 2 heterocycles. The van der Waals surface area contributed by atoms with E-state index < -0.39 is 0 Å². The third-order valence-corrected chi connectivity index (χ3v) is 5.19. The molecular formula is C21H26ClN5O2. The van der Waals surface area contributed by atoms with Crippen molar-refractivity contribution in [2.45, 2.75) is 33.2 Å². The number of aromatic amines is 1. The molecular weight excluding hydrogens is 390 g/mol. The predicted molar refractivity (Wildman–Crippen MR) is 114 cm³/mol. The highest BCUT2D eigenvalue weighted by atomic mass is 35.5. The summed E-state index contributed by atoms with van der Waals surface area (Å²) in [4.78, 5) is 24.5. The number of benzene rings is 1. The van der Waals surface area contributed by atoms with Crippen LogP contribution >= 0.6 is 11.6 Å². The zero-order chi connectivity index (χ0) is 20.8. The van der Waals surface area contributed by atoms with Crippen molar-refractivity contribution >= 4 is 34.3 Å². The van der Waals surface area contributed by atoms with Gasteiger partial charge in [-0.25, -0.2) is 0 Å². The van der Waals surface area contributed by atoms with Gasteiger partial charge in [0.1, 0.15) is 6.54 Å². The van der Waals surface area contributed by atoms with E-state index in [9.17, 15) is 9.59 Å². The highest BCUT2D eigenvalue weighted by molar-refractivity contribution is 6.31. The van der Waals surface area contributed by atoms with Gasteiger partial charge in [0.05, 0.1) is 12.1 Å². The molecule has 0 radical (unpaired) electrons. The highest BCUT2D eigenvalue weighted by Gasteiger charge is 2.14. The summed E-state index contributed by atoms with van der Waals surface area (Å²) in [6, 6.07) is 7.53. The van der Waals surface area contributed by atoms with Crippen molar-refractivity contribution in [1.29, 1.82) is 0 Å². The van der Waals surface area contributed by atoms with Gasteiger partial charge >= 0.3 is 0 Å². The van der Waals surface area contributed by atoms with Crippen molar-refractivity contribution in [1.82, 2.24) is 25.4 Å². The van der Waals surface area contributed by atoms with Crippen molar-refractivity contribution in [3.05, 3.63) is 52.9 Å². The Morgan fingerprint density at radius 1 is 1.28 bits per heavy atom. The molecule has 7 nitrogen and oxygen atoms in total. The number of hydrogen-bond acceptors (Lipinski definition) is 3. The predicted octanol–water partition coefficient (Wildman–Crippen LogP) is 2.83. The lowest BCUT2D eigenvalue weighted by Gasteiger charge is -2.14. The molecule has 1 aromatic carbocycles. The molecule has 0 saturated heterocycles. The van der Waals surface area contributed by atoms with Crippen LogP contribution in [-0.4, -0.2) is 39.7 Å². The largest absolute Gasteiger partial charge is 0.356 e. The Balaban J connectivity index is 1.39. The molecule has 0 aliphatic carbocycles. The number of H-pyrrole nitrogens is 1. The molecule has 3 aromatic rings. The molecule has 8 heteroatoms. The first-order chi connectivity index (χ1) is 13.9. The third kappa shape index (κ3) is 5.60. The van der Waals surface area contributed by atoms with E-state index in [4.69, 9.17) is 11.6 Å². The average molecular weight is 416 g/mol. The number of amides is 2. The number of carbonyl (C=O) groups excluding carboxylic acids is 2. The Morgan fingerprint density at radius 2 is 2.10 bits per heavy atom. The fraction of sp³-hybridized carbons (Fsp3) is 0.381. The quantitative estimate of drug-likeness (QED) is 0.469. The van der Waals surface area contributed by atoms with Crippen LogP contribution in [0.25, 0.3) is 10.9 Å². The second-order valence-electron chi connectivity index (χ2n) is 7.27. The van der Waals surface area contributed by atoms with Gasteiger partial charge in [0, 0.05) is 35.5 Å². The first kappa shape index (κ1) is 20.9. The smallest absolute Gasteiger partial charge is 0.239 e. The van der Waals surface area contributed by atoms with Gasteiger partial charge in [0.2, 0.25) is 11.8 Å². The van der Waals surface area contributed by atoms with Crippen molar-refractivity contribution in [2.75, 3.05) is 13.1 Å². The molecule has 29 heavy (non-hydrogen) atoms. The number of halogens is 1. The minimum atomic E-state index is -0.300. The monoisotopic (exact) mass is 415 g/mol. The molecule has 154 valence electrons. The van der Waals surface area contributed by atoms with Gasteiger partial charge < -0.3 is 15.2 Å². The summed E-state index contributed by atoms with van der Waals surface area (Å²) >= 11 is 6.05. The SMILES string of the molecule is Cc1[nH]ncc1CCCNC(=O)C(C)CNC(=O)Cn1ccc2ccc(Cl)cc21. The summed E-state index contributed by atoms with van der Waals surface area (Å²) in [6.07, 6.45) is 5.38. The summed E-state index contributed by atoms with van der Waals surface area (Å²) in [5, 5.41) is 14.3. The van der Waals surface area contributed by atoms with E-state index in [-0.39, 0.29) is 24.3 Å². The molecule has 3 rings (SSSR count). The van der Waals surface area contributed by atoms with Gasteiger partial charge in [0.25, 0.3) is 0 Å². The number of rotatable bonds is 9. The van der Waals surface area contributed by atoms with Gasteiger partial charge in [0.15, 0.2) is 0 Å². The van der Waals surface area contributed by atoms with Gasteiger partial charge in [-0.05, 0) is 48.9 Å². The maximum Gasteiger partial charge on any atom is 0.239 e. The zero-order valence-corrected chi connectivity index (χ0v) is 17.4. The lowest BCUT2D eigenvalue weighted by molar-refractivity contribution is -0.125. The Hall–Kier alpha value is -2.80. The van der Waals surface area contributed by atoms with Crippen LogP contribution in [0.15, 0.2) is 36.7 Å². The molecule has 0 saturated carbocycles. The lowest BCUT2D eigenvalue weighted by Crippen LogP contribution is -2.38. The van der Waals surface area contributed by atoms with Crippen LogP contribution in [0.5, 0.6) is 0 Å². The highest BCUT2D eigenvalue weighted by Crippen LogP contribution is 2.20. The van der Waals surface area contributed by atoms with Crippen molar-refractivity contribution in [2.24, 2.45) is 5.92 Å². The molecule has 0 spiro atoms. The van der Waals surface area contributed by atoms with Crippen LogP contribution in [0, 0.1) is 12.8 Å². The summed E-state index contributed by atoms with van der Waals surface area (Å²) in [6.45, 7) is 4.86. The maximum absolute atomic E-state index is 12.3. The third-order valence-electron chi connectivity index (χ3n) is 4.96. The van der Waals surface area contributed by atoms with E-state index in [0.717, 1.165) is 29.4 Å². The summed E-state index contributed by atoms with van der Waals surface area (Å²) in [7, 11) is 0. The van der Waals surface area contributed by atoms with Crippen LogP contribution in [0.1, 0.15) is 24.6 Å². The standard InChI is InChI=1S/C21H26ClN5O2/c1-14(21(29)23-8-3-4-17-12-25-26-15(17)2)11-24-20(28)13-27-9-7-16-5-6-18(22)10-19(16)27/h5-7,9-10,12,14H,3-4,8,11,13H2,1-2H3,(H,23,29)(H,24,28)(H,25,26). The number of fused-ring (bicyclic) bond motifs is 1. The molecule has 0 fully saturated rings. The minimum absolute atomic E-state index is 0.0626. The summed E-state index contributed by atoms with van der Waals surface area (Å²) < 4.78 is 1.85. The van der Waals surface area contributed by atoms with Gasteiger partial charge in [-0.1, -0.05) is 24.6 Å². The Morgan fingerprint density at radius 3 is 2.86 bits per heavy atom. The van der Waals surface area contributed by atoms with Crippen molar-refractivity contribution in [3.63, 3.8) is 0 Å². The molecule has 0 bridgehead atoms. The zero-order valence-electron chi connectivity index (χ0n) is 16.7. The Labute approximate surface area is 174 Å². The Bertz CT molecular complexity index is 994. The van der Waals surface area contributed by atoms with Crippen LogP contribution < -0.4 is 10.6 Å². The number of aryl methyl sites for hydroxylation is 2. The fourth-order valence-electron chi connectivity index (χ4n) is 3.16. The van der Waals surface area contributed by atoms with E-state index >= 15 is 0 Å². The van der Waals surface area contributed by atoms with Gasteiger partial charge in [-0.15, -0.1) is 0 Å². The first-order valence-electron chi connectivity index (χ1n) is 9.71. The van der Waals surface area contributed by atoms with E-state index in [1.807, 2.05) is 48.1 Å². The number of aromatic nitrogens is 3. The lowest BCUT2D eigenvalue weighted by atomic mass is 10.1. The van der Waals surface area contributed by atoms with Crippen molar-refractivity contribution < 1.29 is 9.59 Å². The first-order valence-corrected chi connectivity index (χ1v) is 10.1. The van der Waals surface area contributed by atoms with Crippen LogP contribution in [0.4, 0.5) is 0 Å².